The van der Waals surface area contributed by atoms with Crippen molar-refractivity contribution in [2.24, 2.45) is 0 Å². The molecule has 154 valence electrons. The second-order valence-electron chi connectivity index (χ2n) is 6.25. The van der Waals surface area contributed by atoms with Crippen molar-refractivity contribution in [3.05, 3.63) is 57.6 Å². The van der Waals surface area contributed by atoms with E-state index in [9.17, 15) is 19.7 Å². The van der Waals surface area contributed by atoms with Crippen molar-refractivity contribution in [1.29, 1.82) is 0 Å². The number of esters is 1. The Morgan fingerprint density at radius 2 is 1.86 bits per heavy atom. The average Bonchev–Trinajstić information content (AvgIpc) is 2.68. The van der Waals surface area contributed by atoms with Gasteiger partial charge in [0.2, 0.25) is 0 Å². The fourth-order valence-corrected chi connectivity index (χ4v) is 2.62. The van der Waals surface area contributed by atoms with Crippen molar-refractivity contribution >= 4 is 23.3 Å². The molecule has 0 radical (unpaired) electrons. The summed E-state index contributed by atoms with van der Waals surface area (Å²) >= 11 is 0. The lowest BCUT2D eigenvalue weighted by atomic mass is 10.1. The van der Waals surface area contributed by atoms with Crippen molar-refractivity contribution in [2.45, 2.75) is 26.4 Å². The second-order valence-corrected chi connectivity index (χ2v) is 6.25. The molecule has 29 heavy (non-hydrogen) atoms. The normalized spacial score (nSPS) is 11.3. The van der Waals surface area contributed by atoms with Crippen molar-refractivity contribution in [3.63, 3.8) is 0 Å². The quantitative estimate of drug-likeness (QED) is 0.410. The van der Waals surface area contributed by atoms with E-state index < -0.39 is 22.9 Å². The first kappa shape index (κ1) is 21.7. The van der Waals surface area contributed by atoms with Crippen molar-refractivity contribution in [3.8, 4) is 11.5 Å². The summed E-state index contributed by atoms with van der Waals surface area (Å²) in [6.45, 7) is 3.27. The van der Waals surface area contributed by atoms with Crippen LogP contribution in [-0.2, 0) is 20.7 Å². The van der Waals surface area contributed by atoms with Gasteiger partial charge in [-0.25, -0.2) is 0 Å². The van der Waals surface area contributed by atoms with Crippen LogP contribution >= 0.6 is 0 Å². The van der Waals surface area contributed by atoms with Gasteiger partial charge in [0.25, 0.3) is 11.6 Å². The number of nitro groups is 1. The van der Waals surface area contributed by atoms with Gasteiger partial charge in [-0.1, -0.05) is 17.7 Å². The van der Waals surface area contributed by atoms with Crippen molar-refractivity contribution in [1.82, 2.24) is 0 Å². The summed E-state index contributed by atoms with van der Waals surface area (Å²) in [5.74, 6) is -0.497. The molecule has 0 heterocycles. The Kier molecular flexibility index (Phi) is 7.13. The van der Waals surface area contributed by atoms with Crippen LogP contribution in [0, 0.1) is 17.0 Å². The SMILES string of the molecule is COc1ccc(NC(=O)[C@H](C)OC(=O)Cc2cc(C)ccc2OC)c([N+](=O)[O-])c1. The average molecular weight is 402 g/mol. The highest BCUT2D eigenvalue weighted by Crippen LogP contribution is 2.29. The van der Waals surface area contributed by atoms with Crippen LogP contribution in [0.5, 0.6) is 11.5 Å². The number of nitro benzene ring substituents is 1. The molecule has 9 heteroatoms. The Balaban J connectivity index is 2.05. The van der Waals surface area contributed by atoms with Crippen molar-refractivity contribution in [2.75, 3.05) is 19.5 Å². The summed E-state index contributed by atoms with van der Waals surface area (Å²) in [5, 5.41) is 13.6. The molecule has 0 aromatic heterocycles. The van der Waals surface area contributed by atoms with Gasteiger partial charge in [0.1, 0.15) is 17.2 Å². The Hall–Kier alpha value is -3.62. The van der Waals surface area contributed by atoms with Crippen molar-refractivity contribution < 1.29 is 28.7 Å². The van der Waals surface area contributed by atoms with Gasteiger partial charge >= 0.3 is 5.97 Å². The molecule has 0 aliphatic rings. The third-order valence-corrected chi connectivity index (χ3v) is 4.11. The van der Waals surface area contributed by atoms with Gasteiger partial charge in [-0.15, -0.1) is 0 Å². The van der Waals surface area contributed by atoms with Crippen LogP contribution < -0.4 is 14.8 Å². The lowest BCUT2D eigenvalue weighted by Crippen LogP contribution is -2.30. The number of hydrogen-bond donors (Lipinski definition) is 1. The number of nitrogens with one attached hydrogen (secondary N) is 1. The van der Waals surface area contributed by atoms with Crippen LogP contribution in [0.15, 0.2) is 36.4 Å². The molecular weight excluding hydrogens is 380 g/mol. The Morgan fingerprint density at radius 3 is 2.48 bits per heavy atom. The van der Waals surface area contributed by atoms with Crippen LogP contribution in [0.1, 0.15) is 18.1 Å². The van der Waals surface area contributed by atoms with Gasteiger partial charge in [0.05, 0.1) is 31.6 Å². The molecule has 9 nitrogen and oxygen atoms in total. The summed E-state index contributed by atoms with van der Waals surface area (Å²) in [7, 11) is 2.87. The molecule has 0 saturated heterocycles. The number of ether oxygens (including phenoxy) is 3. The van der Waals surface area contributed by atoms with Gasteiger partial charge in [-0.05, 0) is 32.0 Å². The molecule has 1 amide bonds. The summed E-state index contributed by atoms with van der Waals surface area (Å²) in [5.41, 5.74) is 1.23. The highest BCUT2D eigenvalue weighted by atomic mass is 16.6. The Morgan fingerprint density at radius 1 is 1.14 bits per heavy atom. The monoisotopic (exact) mass is 402 g/mol. The molecule has 1 atom stereocenters. The highest BCUT2D eigenvalue weighted by Gasteiger charge is 2.23. The van der Waals surface area contributed by atoms with Gasteiger partial charge in [0.15, 0.2) is 6.10 Å². The number of aryl methyl sites for hydroxylation is 1. The number of anilines is 1. The largest absolute Gasteiger partial charge is 0.496 e. The second kappa shape index (κ2) is 9.54. The molecule has 0 saturated carbocycles. The maximum absolute atomic E-state index is 12.3. The van der Waals surface area contributed by atoms with Crippen LogP contribution in [0.2, 0.25) is 0 Å². The summed E-state index contributed by atoms with van der Waals surface area (Å²) in [6.07, 6.45) is -1.23. The first-order valence-corrected chi connectivity index (χ1v) is 8.71. The molecule has 0 unspecified atom stereocenters. The molecule has 0 aliphatic carbocycles. The molecule has 2 aromatic carbocycles. The Labute approximate surface area is 167 Å². The number of carbonyl (C=O) groups is 2. The molecule has 0 fully saturated rings. The third-order valence-electron chi connectivity index (χ3n) is 4.11. The number of benzene rings is 2. The van der Waals surface area contributed by atoms with Gasteiger partial charge in [-0.3, -0.25) is 19.7 Å². The van der Waals surface area contributed by atoms with E-state index in [-0.39, 0.29) is 23.5 Å². The third kappa shape index (κ3) is 5.68. The topological polar surface area (TPSA) is 117 Å². The summed E-state index contributed by atoms with van der Waals surface area (Å²) in [6, 6.07) is 9.41. The lowest BCUT2D eigenvalue weighted by Gasteiger charge is -2.15. The molecule has 1 N–H and O–H groups in total. The van der Waals surface area contributed by atoms with E-state index in [2.05, 4.69) is 5.32 Å². The number of hydrogen-bond acceptors (Lipinski definition) is 7. The van der Waals surface area contributed by atoms with E-state index in [0.717, 1.165) is 5.56 Å². The Bertz CT molecular complexity index is 927. The minimum absolute atomic E-state index is 0.0240. The van der Waals surface area contributed by atoms with Crippen LogP contribution in [0.25, 0.3) is 0 Å². The molecule has 0 aliphatic heterocycles. The van der Waals surface area contributed by atoms with E-state index in [1.165, 1.54) is 39.3 Å². The molecule has 0 bridgehead atoms. The van der Waals surface area contributed by atoms with E-state index in [1.54, 1.807) is 12.1 Å². The molecule has 2 rings (SSSR count). The van der Waals surface area contributed by atoms with E-state index in [0.29, 0.717) is 11.3 Å². The standard InChI is InChI=1S/C20H22N2O7/c1-12-5-8-18(28-4)14(9-12)10-19(23)29-13(2)20(24)21-16-7-6-15(27-3)11-17(16)22(25)26/h5-9,11,13H,10H2,1-4H3,(H,21,24)/t13-/m0/s1. The zero-order valence-corrected chi connectivity index (χ0v) is 16.6. The van der Waals surface area contributed by atoms with Gasteiger partial charge in [-0.2, -0.15) is 0 Å². The zero-order chi connectivity index (χ0) is 21.6. The summed E-state index contributed by atoms with van der Waals surface area (Å²) < 4.78 is 15.3. The van der Waals surface area contributed by atoms with E-state index >= 15 is 0 Å². The number of methoxy groups -OCH3 is 2. The first-order chi connectivity index (χ1) is 13.7. The van der Waals surface area contributed by atoms with E-state index in [4.69, 9.17) is 14.2 Å². The summed E-state index contributed by atoms with van der Waals surface area (Å²) in [4.78, 5) is 35.1. The number of amides is 1. The number of carbonyl (C=O) groups excluding carboxylic acids is 2. The first-order valence-electron chi connectivity index (χ1n) is 8.71. The van der Waals surface area contributed by atoms with Gasteiger partial charge in [0, 0.05) is 5.56 Å². The molecule has 2 aromatic rings. The highest BCUT2D eigenvalue weighted by molar-refractivity contribution is 5.97. The number of nitrogens with zero attached hydrogens (tertiary/aromatic N) is 1. The maximum atomic E-state index is 12.3. The van der Waals surface area contributed by atoms with E-state index in [1.807, 2.05) is 13.0 Å². The predicted molar refractivity (Wildman–Crippen MR) is 105 cm³/mol. The van der Waals surface area contributed by atoms with Crippen LogP contribution in [0.3, 0.4) is 0 Å². The minimum Gasteiger partial charge on any atom is -0.496 e. The van der Waals surface area contributed by atoms with Crippen LogP contribution in [0.4, 0.5) is 11.4 Å². The fourth-order valence-electron chi connectivity index (χ4n) is 2.62. The fraction of sp³-hybridized carbons (Fsp3) is 0.300. The molecular formula is C20H22N2O7. The lowest BCUT2D eigenvalue weighted by molar-refractivity contribution is -0.384. The minimum atomic E-state index is -1.15. The van der Waals surface area contributed by atoms with Gasteiger partial charge < -0.3 is 19.5 Å². The molecule has 0 spiro atoms. The zero-order valence-electron chi connectivity index (χ0n) is 16.6. The smallest absolute Gasteiger partial charge is 0.311 e. The maximum Gasteiger partial charge on any atom is 0.311 e. The number of rotatable bonds is 8. The predicted octanol–water partition coefficient (Wildman–Crippen LogP) is 3.03. The van der Waals surface area contributed by atoms with Crippen LogP contribution in [-0.4, -0.2) is 37.1 Å².